The molecular formula is C10H12N2O. The van der Waals surface area contributed by atoms with E-state index < -0.39 is 0 Å². The first-order chi connectivity index (χ1) is 6.15. The number of pyridine rings is 1. The molecule has 0 saturated carbocycles. The van der Waals surface area contributed by atoms with Crippen LogP contribution in [-0.4, -0.2) is 10.9 Å². The van der Waals surface area contributed by atoms with Crippen LogP contribution < -0.4 is 5.32 Å². The lowest BCUT2D eigenvalue weighted by Gasteiger charge is -2.03. The summed E-state index contributed by atoms with van der Waals surface area (Å²) in [5, 5.41) is 2.49. The molecule has 0 saturated heterocycles. The van der Waals surface area contributed by atoms with Crippen LogP contribution in [0.25, 0.3) is 0 Å². The van der Waals surface area contributed by atoms with Gasteiger partial charge in [0.2, 0.25) is 0 Å². The molecule has 0 aliphatic rings. The Hall–Kier alpha value is -1.64. The predicted octanol–water partition coefficient (Wildman–Crippen LogP) is 1.57. The molecule has 1 amide bonds. The molecule has 0 fully saturated rings. The Morgan fingerprint density at radius 1 is 1.54 bits per heavy atom. The summed E-state index contributed by atoms with van der Waals surface area (Å²) in [6, 6.07) is 3.75. The van der Waals surface area contributed by atoms with Crippen LogP contribution in [0.4, 0.5) is 0 Å². The zero-order valence-electron chi connectivity index (χ0n) is 7.79. The predicted molar refractivity (Wildman–Crippen MR) is 51.4 cm³/mol. The van der Waals surface area contributed by atoms with Crippen molar-refractivity contribution < 1.29 is 4.79 Å². The molecule has 1 rings (SSSR count). The highest BCUT2D eigenvalue weighted by atomic mass is 16.1. The SMILES string of the molecule is C=CNC(=O)c1nc(C)ccc1C. The number of carbonyl (C=O) groups excluding carboxylic acids is 1. The molecular weight excluding hydrogens is 164 g/mol. The molecule has 0 bridgehead atoms. The number of nitrogens with one attached hydrogen (secondary N) is 1. The van der Waals surface area contributed by atoms with Crippen molar-refractivity contribution in [2.45, 2.75) is 13.8 Å². The minimum absolute atomic E-state index is 0.212. The number of amides is 1. The number of nitrogens with zero attached hydrogens (tertiary/aromatic N) is 1. The van der Waals surface area contributed by atoms with Crippen molar-refractivity contribution in [2.24, 2.45) is 0 Å². The average Bonchev–Trinajstić information content (AvgIpc) is 2.09. The number of rotatable bonds is 2. The monoisotopic (exact) mass is 176 g/mol. The lowest BCUT2D eigenvalue weighted by Crippen LogP contribution is -2.19. The Morgan fingerprint density at radius 3 is 2.85 bits per heavy atom. The summed E-state index contributed by atoms with van der Waals surface area (Å²) in [4.78, 5) is 15.5. The summed E-state index contributed by atoms with van der Waals surface area (Å²) < 4.78 is 0. The molecule has 1 N–H and O–H groups in total. The molecule has 0 spiro atoms. The Labute approximate surface area is 77.5 Å². The fourth-order valence-electron chi connectivity index (χ4n) is 1.02. The van der Waals surface area contributed by atoms with E-state index in [2.05, 4.69) is 16.9 Å². The van der Waals surface area contributed by atoms with Gasteiger partial charge < -0.3 is 5.32 Å². The third-order valence-electron chi connectivity index (χ3n) is 1.68. The van der Waals surface area contributed by atoms with Crippen molar-refractivity contribution in [2.75, 3.05) is 0 Å². The molecule has 13 heavy (non-hydrogen) atoms. The van der Waals surface area contributed by atoms with Crippen molar-refractivity contribution in [1.82, 2.24) is 10.3 Å². The van der Waals surface area contributed by atoms with Gasteiger partial charge in [0.25, 0.3) is 5.91 Å². The Morgan fingerprint density at radius 2 is 2.23 bits per heavy atom. The van der Waals surface area contributed by atoms with Crippen LogP contribution in [0.5, 0.6) is 0 Å². The van der Waals surface area contributed by atoms with E-state index in [1.165, 1.54) is 6.20 Å². The van der Waals surface area contributed by atoms with Crippen molar-refractivity contribution in [3.63, 3.8) is 0 Å². The van der Waals surface area contributed by atoms with Gasteiger partial charge in [-0.2, -0.15) is 0 Å². The van der Waals surface area contributed by atoms with Gasteiger partial charge in [-0.25, -0.2) is 4.98 Å². The van der Waals surface area contributed by atoms with Crippen molar-refractivity contribution in [1.29, 1.82) is 0 Å². The van der Waals surface area contributed by atoms with Crippen molar-refractivity contribution in [3.05, 3.63) is 41.9 Å². The van der Waals surface area contributed by atoms with E-state index in [1.54, 1.807) is 0 Å². The molecule has 1 heterocycles. The number of aromatic nitrogens is 1. The van der Waals surface area contributed by atoms with Crippen LogP contribution in [0.1, 0.15) is 21.7 Å². The van der Waals surface area contributed by atoms with Crippen molar-refractivity contribution >= 4 is 5.91 Å². The molecule has 68 valence electrons. The maximum absolute atomic E-state index is 11.4. The summed E-state index contributed by atoms with van der Waals surface area (Å²) in [5.41, 5.74) is 2.16. The van der Waals surface area contributed by atoms with Gasteiger partial charge in [-0.1, -0.05) is 12.6 Å². The molecule has 3 heteroatoms. The molecule has 0 aliphatic heterocycles. The molecule has 1 aromatic heterocycles. The summed E-state index contributed by atoms with van der Waals surface area (Å²) in [5.74, 6) is -0.212. The quantitative estimate of drug-likeness (QED) is 0.743. The summed E-state index contributed by atoms with van der Waals surface area (Å²) in [6.45, 7) is 7.12. The molecule has 0 unspecified atom stereocenters. The fraction of sp³-hybridized carbons (Fsp3) is 0.200. The van der Waals surface area contributed by atoms with Gasteiger partial charge in [-0.3, -0.25) is 4.79 Å². The first kappa shape index (κ1) is 9.45. The molecule has 3 nitrogen and oxygen atoms in total. The number of aryl methyl sites for hydroxylation is 2. The second-order valence-electron chi connectivity index (χ2n) is 2.80. The van der Waals surface area contributed by atoms with Crippen LogP contribution >= 0.6 is 0 Å². The largest absolute Gasteiger partial charge is 0.328 e. The minimum atomic E-state index is -0.212. The summed E-state index contributed by atoms with van der Waals surface area (Å²) in [6.07, 6.45) is 1.35. The van der Waals surface area contributed by atoms with Crippen LogP contribution in [0.3, 0.4) is 0 Å². The Kier molecular flexibility index (Phi) is 2.80. The highest BCUT2D eigenvalue weighted by molar-refractivity contribution is 5.94. The van der Waals surface area contributed by atoms with E-state index in [9.17, 15) is 4.79 Å². The lowest BCUT2D eigenvalue weighted by atomic mass is 10.2. The zero-order chi connectivity index (χ0) is 9.84. The third-order valence-corrected chi connectivity index (χ3v) is 1.68. The third kappa shape index (κ3) is 2.15. The molecule has 0 radical (unpaired) electrons. The van der Waals surface area contributed by atoms with Gasteiger partial charge in [-0.15, -0.1) is 0 Å². The van der Waals surface area contributed by atoms with E-state index in [-0.39, 0.29) is 5.91 Å². The average molecular weight is 176 g/mol. The fourth-order valence-corrected chi connectivity index (χ4v) is 1.02. The number of hydrogen-bond acceptors (Lipinski definition) is 2. The van der Waals surface area contributed by atoms with E-state index in [0.717, 1.165) is 11.3 Å². The maximum Gasteiger partial charge on any atom is 0.274 e. The van der Waals surface area contributed by atoms with Crippen molar-refractivity contribution in [3.8, 4) is 0 Å². The molecule has 0 aromatic carbocycles. The number of carbonyl (C=O) groups is 1. The number of hydrogen-bond donors (Lipinski definition) is 1. The second kappa shape index (κ2) is 3.85. The van der Waals surface area contributed by atoms with Gasteiger partial charge >= 0.3 is 0 Å². The molecule has 0 aliphatic carbocycles. The van der Waals surface area contributed by atoms with Crippen LogP contribution in [-0.2, 0) is 0 Å². The van der Waals surface area contributed by atoms with Crippen LogP contribution in [0.2, 0.25) is 0 Å². The van der Waals surface area contributed by atoms with Crippen LogP contribution in [0, 0.1) is 13.8 Å². The van der Waals surface area contributed by atoms with E-state index in [0.29, 0.717) is 5.69 Å². The Balaban J connectivity index is 3.05. The highest BCUT2D eigenvalue weighted by Gasteiger charge is 2.08. The zero-order valence-corrected chi connectivity index (χ0v) is 7.79. The second-order valence-corrected chi connectivity index (χ2v) is 2.80. The lowest BCUT2D eigenvalue weighted by molar-refractivity contribution is 0.0964. The van der Waals surface area contributed by atoms with Gasteiger partial charge in [0.1, 0.15) is 5.69 Å². The van der Waals surface area contributed by atoms with Gasteiger partial charge in [0, 0.05) is 5.69 Å². The maximum atomic E-state index is 11.4. The standard InChI is InChI=1S/C10H12N2O/c1-4-11-10(13)9-7(2)5-6-8(3)12-9/h4-6H,1H2,2-3H3,(H,11,13). The van der Waals surface area contributed by atoms with E-state index >= 15 is 0 Å². The minimum Gasteiger partial charge on any atom is -0.328 e. The molecule has 1 aromatic rings. The normalized spacial score (nSPS) is 9.38. The first-order valence-electron chi connectivity index (χ1n) is 4.01. The van der Waals surface area contributed by atoms with E-state index in [4.69, 9.17) is 0 Å². The summed E-state index contributed by atoms with van der Waals surface area (Å²) >= 11 is 0. The van der Waals surface area contributed by atoms with Gasteiger partial charge in [-0.05, 0) is 31.7 Å². The van der Waals surface area contributed by atoms with Crippen LogP contribution in [0.15, 0.2) is 24.9 Å². The molecule has 0 atom stereocenters. The smallest absolute Gasteiger partial charge is 0.274 e. The van der Waals surface area contributed by atoms with E-state index in [1.807, 2.05) is 26.0 Å². The highest BCUT2D eigenvalue weighted by Crippen LogP contribution is 2.05. The summed E-state index contributed by atoms with van der Waals surface area (Å²) in [7, 11) is 0. The Bertz CT molecular complexity index is 345. The first-order valence-corrected chi connectivity index (χ1v) is 4.01. The topological polar surface area (TPSA) is 42.0 Å². The van der Waals surface area contributed by atoms with Gasteiger partial charge in [0.15, 0.2) is 0 Å². The van der Waals surface area contributed by atoms with Gasteiger partial charge in [0.05, 0.1) is 0 Å².